The molecule has 0 spiro atoms. The smallest absolute Gasteiger partial charge is 0.0623 e. The molecular weight excluding hydrogens is 320 g/mol. The minimum atomic E-state index is 0.395. The van der Waals surface area contributed by atoms with Gasteiger partial charge in [-0.15, -0.1) is 0 Å². The lowest BCUT2D eigenvalue weighted by atomic mass is 9.97. The fourth-order valence-corrected chi connectivity index (χ4v) is 4.00. The van der Waals surface area contributed by atoms with Gasteiger partial charge in [-0.3, -0.25) is 0 Å². The molecular formula is C23H22N2O. The van der Waals surface area contributed by atoms with Gasteiger partial charge in [0.15, 0.2) is 0 Å². The van der Waals surface area contributed by atoms with Crippen LogP contribution in [0.2, 0.25) is 0 Å². The molecule has 1 aliphatic heterocycles. The fourth-order valence-electron chi connectivity index (χ4n) is 4.00. The number of H-pyrrole nitrogens is 1. The topological polar surface area (TPSA) is 37.0 Å². The van der Waals surface area contributed by atoms with Crippen molar-refractivity contribution in [2.24, 2.45) is 0 Å². The number of fused-ring (bicyclic) bond motifs is 2. The van der Waals surface area contributed by atoms with Crippen molar-refractivity contribution in [1.29, 1.82) is 0 Å². The van der Waals surface area contributed by atoms with Gasteiger partial charge in [-0.05, 0) is 34.4 Å². The van der Waals surface area contributed by atoms with Gasteiger partial charge in [0.2, 0.25) is 0 Å². The van der Waals surface area contributed by atoms with Crippen LogP contribution in [-0.4, -0.2) is 30.8 Å². The van der Waals surface area contributed by atoms with Crippen LogP contribution in [0.3, 0.4) is 0 Å². The van der Waals surface area contributed by atoms with Crippen LogP contribution in [0.25, 0.3) is 32.8 Å². The molecule has 3 nitrogen and oxygen atoms in total. The number of rotatable bonds is 3. The van der Waals surface area contributed by atoms with Crippen LogP contribution < -0.4 is 5.32 Å². The van der Waals surface area contributed by atoms with Crippen LogP contribution in [0.5, 0.6) is 0 Å². The van der Waals surface area contributed by atoms with Crippen molar-refractivity contribution in [3.63, 3.8) is 0 Å². The summed E-state index contributed by atoms with van der Waals surface area (Å²) in [6.45, 7) is 2.54. The highest BCUT2D eigenvalue weighted by Crippen LogP contribution is 2.32. The second kappa shape index (κ2) is 6.60. The second-order valence-corrected chi connectivity index (χ2v) is 7.03. The zero-order valence-corrected chi connectivity index (χ0v) is 14.7. The molecule has 1 aromatic heterocycles. The third-order valence-electron chi connectivity index (χ3n) is 5.33. The van der Waals surface area contributed by atoms with Crippen LogP contribution in [0.15, 0.2) is 66.9 Å². The lowest BCUT2D eigenvalue weighted by Crippen LogP contribution is -2.42. The lowest BCUT2D eigenvalue weighted by Gasteiger charge is -2.23. The van der Waals surface area contributed by atoms with Gasteiger partial charge in [0.25, 0.3) is 0 Å². The summed E-state index contributed by atoms with van der Waals surface area (Å²) in [5, 5.41) is 7.41. The maximum Gasteiger partial charge on any atom is 0.0623 e. The summed E-state index contributed by atoms with van der Waals surface area (Å²) in [6, 6.07) is 22.2. The van der Waals surface area contributed by atoms with Gasteiger partial charge in [0, 0.05) is 29.7 Å². The highest BCUT2D eigenvalue weighted by atomic mass is 16.5. The van der Waals surface area contributed by atoms with Crippen molar-refractivity contribution in [2.75, 3.05) is 19.8 Å². The van der Waals surface area contributed by atoms with E-state index in [1.165, 1.54) is 38.4 Å². The highest BCUT2D eigenvalue weighted by molar-refractivity contribution is 5.98. The summed E-state index contributed by atoms with van der Waals surface area (Å²) in [5.41, 5.74) is 5.08. The van der Waals surface area contributed by atoms with Gasteiger partial charge in [-0.25, -0.2) is 0 Å². The SMILES string of the molecule is c1ccc2cc(-c3cccc4c(CC5COCCN5)c[nH]c34)ccc2c1. The largest absolute Gasteiger partial charge is 0.379 e. The number of ether oxygens (including phenoxy) is 1. The van der Waals surface area contributed by atoms with E-state index in [1.54, 1.807) is 0 Å². The molecule has 3 aromatic carbocycles. The molecule has 0 radical (unpaired) electrons. The second-order valence-electron chi connectivity index (χ2n) is 7.03. The first-order valence-electron chi connectivity index (χ1n) is 9.28. The van der Waals surface area contributed by atoms with Gasteiger partial charge in [-0.2, -0.15) is 0 Å². The van der Waals surface area contributed by atoms with Crippen LogP contribution >= 0.6 is 0 Å². The number of para-hydroxylation sites is 1. The molecule has 0 saturated carbocycles. The lowest BCUT2D eigenvalue weighted by molar-refractivity contribution is 0.0771. The first-order chi connectivity index (χ1) is 12.9. The first-order valence-corrected chi connectivity index (χ1v) is 9.28. The summed E-state index contributed by atoms with van der Waals surface area (Å²) < 4.78 is 5.60. The quantitative estimate of drug-likeness (QED) is 0.574. The van der Waals surface area contributed by atoms with E-state index in [4.69, 9.17) is 4.74 Å². The van der Waals surface area contributed by atoms with Gasteiger partial charge < -0.3 is 15.0 Å². The molecule has 0 amide bonds. The Labute approximate surface area is 153 Å². The van der Waals surface area contributed by atoms with E-state index in [9.17, 15) is 0 Å². The zero-order chi connectivity index (χ0) is 17.3. The number of aromatic amines is 1. The monoisotopic (exact) mass is 342 g/mol. The maximum atomic E-state index is 5.60. The van der Waals surface area contributed by atoms with Crippen LogP contribution in [-0.2, 0) is 11.2 Å². The van der Waals surface area contributed by atoms with E-state index in [-0.39, 0.29) is 0 Å². The summed E-state index contributed by atoms with van der Waals surface area (Å²) in [4.78, 5) is 3.52. The van der Waals surface area contributed by atoms with E-state index in [0.717, 1.165) is 26.2 Å². The van der Waals surface area contributed by atoms with Crippen LogP contribution in [0.1, 0.15) is 5.56 Å². The maximum absolute atomic E-state index is 5.60. The van der Waals surface area contributed by atoms with E-state index < -0.39 is 0 Å². The average molecular weight is 342 g/mol. The molecule has 2 N–H and O–H groups in total. The molecule has 3 heteroatoms. The Hall–Kier alpha value is -2.62. The summed E-state index contributed by atoms with van der Waals surface area (Å²) in [7, 11) is 0. The van der Waals surface area contributed by atoms with E-state index in [0.29, 0.717) is 6.04 Å². The summed E-state index contributed by atoms with van der Waals surface area (Å²) >= 11 is 0. The highest BCUT2D eigenvalue weighted by Gasteiger charge is 2.16. The van der Waals surface area contributed by atoms with Gasteiger partial charge in [0.05, 0.1) is 18.7 Å². The average Bonchev–Trinajstić information content (AvgIpc) is 3.11. The standard InChI is InChI=1S/C23H22N2O/c1-2-5-17-12-18(9-8-16(17)4-1)21-6-3-7-22-19(14-25-23(21)22)13-20-15-26-11-10-24-20/h1-9,12,14,20,24-25H,10-11,13,15H2. The molecule has 130 valence electrons. The Bertz CT molecular complexity index is 1060. The molecule has 1 atom stereocenters. The van der Waals surface area contributed by atoms with E-state index >= 15 is 0 Å². The predicted octanol–water partition coefficient (Wildman–Crippen LogP) is 4.52. The van der Waals surface area contributed by atoms with E-state index in [2.05, 4.69) is 77.2 Å². The normalized spacial score (nSPS) is 17.8. The number of hydrogen-bond acceptors (Lipinski definition) is 2. The van der Waals surface area contributed by atoms with Gasteiger partial charge >= 0.3 is 0 Å². The Morgan fingerprint density at radius 1 is 0.962 bits per heavy atom. The summed E-state index contributed by atoms with van der Waals surface area (Å²) in [5.74, 6) is 0. The van der Waals surface area contributed by atoms with Crippen molar-refractivity contribution >= 4 is 21.7 Å². The minimum absolute atomic E-state index is 0.395. The van der Waals surface area contributed by atoms with Crippen molar-refractivity contribution in [1.82, 2.24) is 10.3 Å². The number of hydrogen-bond donors (Lipinski definition) is 2. The van der Waals surface area contributed by atoms with Crippen molar-refractivity contribution in [2.45, 2.75) is 12.5 Å². The zero-order valence-electron chi connectivity index (χ0n) is 14.7. The Balaban J connectivity index is 1.55. The third kappa shape index (κ3) is 2.79. The molecule has 0 aliphatic carbocycles. The number of nitrogens with one attached hydrogen (secondary N) is 2. The number of morpholine rings is 1. The van der Waals surface area contributed by atoms with Gasteiger partial charge in [0.1, 0.15) is 0 Å². The molecule has 1 fully saturated rings. The van der Waals surface area contributed by atoms with E-state index in [1.807, 2.05) is 0 Å². The molecule has 1 saturated heterocycles. The van der Waals surface area contributed by atoms with Crippen molar-refractivity contribution < 1.29 is 4.74 Å². The fraction of sp³-hybridized carbons (Fsp3) is 0.217. The van der Waals surface area contributed by atoms with Crippen molar-refractivity contribution in [3.05, 3.63) is 72.4 Å². The van der Waals surface area contributed by atoms with Crippen LogP contribution in [0.4, 0.5) is 0 Å². The molecule has 26 heavy (non-hydrogen) atoms. The van der Waals surface area contributed by atoms with Crippen LogP contribution in [0, 0.1) is 0 Å². The molecule has 0 bridgehead atoms. The first kappa shape index (κ1) is 15.6. The molecule has 5 rings (SSSR count). The van der Waals surface area contributed by atoms with Gasteiger partial charge in [-0.1, -0.05) is 54.6 Å². The third-order valence-corrected chi connectivity index (χ3v) is 5.33. The predicted molar refractivity (Wildman–Crippen MR) is 108 cm³/mol. The number of benzene rings is 3. The molecule has 1 unspecified atom stereocenters. The Morgan fingerprint density at radius 2 is 1.88 bits per heavy atom. The summed E-state index contributed by atoms with van der Waals surface area (Å²) in [6.07, 6.45) is 3.15. The minimum Gasteiger partial charge on any atom is -0.379 e. The van der Waals surface area contributed by atoms with Crippen molar-refractivity contribution in [3.8, 4) is 11.1 Å². The molecule has 2 heterocycles. The molecule has 1 aliphatic rings. The number of aromatic nitrogens is 1. The Morgan fingerprint density at radius 3 is 2.77 bits per heavy atom. The Kier molecular flexibility index (Phi) is 3.96. The molecule has 4 aromatic rings.